The van der Waals surface area contributed by atoms with Crippen molar-refractivity contribution in [1.82, 2.24) is 0 Å². The van der Waals surface area contributed by atoms with Gasteiger partial charge in [-0.3, -0.25) is 0 Å². The molecule has 0 saturated carbocycles. The molecule has 15 heavy (non-hydrogen) atoms. The zero-order chi connectivity index (χ0) is 10.3. The highest BCUT2D eigenvalue weighted by atomic mass is 32.2. The molecule has 0 N–H and O–H groups in total. The lowest BCUT2D eigenvalue weighted by Gasteiger charge is -2.26. The van der Waals surface area contributed by atoms with Gasteiger partial charge in [0.1, 0.15) is 0 Å². The van der Waals surface area contributed by atoms with Crippen LogP contribution in [0.4, 0.5) is 0 Å². The largest absolute Gasteiger partial charge is 0.449 e. The minimum atomic E-state index is -0.265. The van der Waals surface area contributed by atoms with Crippen molar-refractivity contribution in [3.05, 3.63) is 53.0 Å². The van der Waals surface area contributed by atoms with E-state index in [9.17, 15) is 4.79 Å². The second-order valence-electron chi connectivity index (χ2n) is 3.42. The maximum absolute atomic E-state index is 11.2. The van der Waals surface area contributed by atoms with Crippen molar-refractivity contribution in [2.75, 3.05) is 0 Å². The van der Waals surface area contributed by atoms with Gasteiger partial charge < -0.3 is 4.74 Å². The molecule has 0 fully saturated rings. The summed E-state index contributed by atoms with van der Waals surface area (Å²) in [6.45, 7) is 0. The Kier molecular flexibility index (Phi) is 1.92. The van der Waals surface area contributed by atoms with E-state index in [-0.39, 0.29) is 12.1 Å². The first-order valence-corrected chi connectivity index (χ1v) is 5.57. The van der Waals surface area contributed by atoms with Crippen LogP contribution < -0.4 is 0 Å². The lowest BCUT2D eigenvalue weighted by molar-refractivity contribution is -0.142. The summed E-state index contributed by atoms with van der Waals surface area (Å²) in [7, 11) is 0. The van der Waals surface area contributed by atoms with Gasteiger partial charge in [-0.1, -0.05) is 30.0 Å². The summed E-state index contributed by atoms with van der Waals surface area (Å²) in [5.41, 5.74) is 2.14. The SMILES string of the molecule is O=C1C=CC2=CSc3ccccc3C2O1. The van der Waals surface area contributed by atoms with Gasteiger partial charge >= 0.3 is 5.97 Å². The van der Waals surface area contributed by atoms with E-state index < -0.39 is 0 Å². The van der Waals surface area contributed by atoms with Crippen LogP contribution in [0.2, 0.25) is 0 Å². The third-order valence-corrected chi connectivity index (χ3v) is 3.49. The molecular formula is C12H8O2S. The molecule has 74 valence electrons. The Morgan fingerprint density at radius 1 is 1.20 bits per heavy atom. The topological polar surface area (TPSA) is 26.3 Å². The molecular weight excluding hydrogens is 208 g/mol. The molecule has 0 bridgehead atoms. The third kappa shape index (κ3) is 1.39. The number of carbonyl (C=O) groups is 1. The summed E-state index contributed by atoms with van der Waals surface area (Å²) < 4.78 is 5.31. The molecule has 1 aromatic rings. The molecule has 1 unspecified atom stereocenters. The van der Waals surface area contributed by atoms with Crippen molar-refractivity contribution >= 4 is 17.7 Å². The number of ether oxygens (including phenoxy) is 1. The standard InChI is InChI=1S/C12H8O2S/c13-11-6-5-8-7-15-10-4-2-1-3-9(10)12(8)14-11/h1-7,12H. The van der Waals surface area contributed by atoms with Crippen LogP contribution in [0, 0.1) is 0 Å². The molecule has 0 saturated heterocycles. The van der Waals surface area contributed by atoms with Gasteiger partial charge in [-0.2, -0.15) is 0 Å². The molecule has 0 aromatic heterocycles. The molecule has 0 radical (unpaired) electrons. The van der Waals surface area contributed by atoms with Crippen LogP contribution >= 0.6 is 11.8 Å². The van der Waals surface area contributed by atoms with E-state index in [4.69, 9.17) is 4.74 Å². The number of carbonyl (C=O) groups excluding carboxylic acids is 1. The lowest BCUT2D eigenvalue weighted by atomic mass is 10.0. The van der Waals surface area contributed by atoms with Crippen molar-refractivity contribution in [3.8, 4) is 0 Å². The van der Waals surface area contributed by atoms with E-state index in [0.717, 1.165) is 16.0 Å². The number of benzene rings is 1. The number of fused-ring (bicyclic) bond motifs is 3. The van der Waals surface area contributed by atoms with Crippen molar-refractivity contribution in [2.24, 2.45) is 0 Å². The molecule has 2 nitrogen and oxygen atoms in total. The van der Waals surface area contributed by atoms with Gasteiger partial charge in [0, 0.05) is 22.1 Å². The van der Waals surface area contributed by atoms with Crippen molar-refractivity contribution in [1.29, 1.82) is 0 Å². The molecule has 2 aliphatic rings. The molecule has 0 aliphatic carbocycles. The fourth-order valence-corrected chi connectivity index (χ4v) is 2.69. The van der Waals surface area contributed by atoms with Crippen LogP contribution in [0.25, 0.3) is 0 Å². The Bertz CT molecular complexity index is 488. The Balaban J connectivity index is 2.12. The van der Waals surface area contributed by atoms with E-state index in [0.29, 0.717) is 0 Å². The number of rotatable bonds is 0. The van der Waals surface area contributed by atoms with Crippen LogP contribution in [0.5, 0.6) is 0 Å². The summed E-state index contributed by atoms with van der Waals surface area (Å²) in [5.74, 6) is -0.265. The first kappa shape index (κ1) is 8.80. The van der Waals surface area contributed by atoms with Gasteiger partial charge in [-0.25, -0.2) is 4.79 Å². The van der Waals surface area contributed by atoms with E-state index in [2.05, 4.69) is 0 Å². The van der Waals surface area contributed by atoms with Crippen molar-refractivity contribution in [3.63, 3.8) is 0 Å². The third-order valence-electron chi connectivity index (χ3n) is 2.47. The Morgan fingerprint density at radius 3 is 3.00 bits per heavy atom. The van der Waals surface area contributed by atoms with Gasteiger partial charge in [-0.05, 0) is 17.6 Å². The minimum Gasteiger partial charge on any atom is -0.449 e. The van der Waals surface area contributed by atoms with Gasteiger partial charge in [0.15, 0.2) is 6.10 Å². The second-order valence-corrected chi connectivity index (χ2v) is 4.34. The summed E-state index contributed by atoms with van der Waals surface area (Å²) in [6, 6.07) is 8.01. The number of esters is 1. The second kappa shape index (κ2) is 3.28. The molecule has 0 spiro atoms. The van der Waals surface area contributed by atoms with Crippen molar-refractivity contribution in [2.45, 2.75) is 11.0 Å². The zero-order valence-electron chi connectivity index (χ0n) is 7.84. The van der Waals surface area contributed by atoms with Gasteiger partial charge in [0.2, 0.25) is 0 Å². The zero-order valence-corrected chi connectivity index (χ0v) is 8.66. The van der Waals surface area contributed by atoms with Gasteiger partial charge in [-0.15, -0.1) is 0 Å². The maximum atomic E-state index is 11.2. The average molecular weight is 216 g/mol. The molecule has 2 aliphatic heterocycles. The first-order valence-electron chi connectivity index (χ1n) is 4.69. The van der Waals surface area contributed by atoms with Gasteiger partial charge in [0.05, 0.1) is 0 Å². The maximum Gasteiger partial charge on any atom is 0.331 e. The lowest BCUT2D eigenvalue weighted by Crippen LogP contribution is -2.17. The normalized spacial score (nSPS) is 22.5. The molecule has 1 aromatic carbocycles. The van der Waals surface area contributed by atoms with Crippen LogP contribution in [0.15, 0.2) is 52.3 Å². The van der Waals surface area contributed by atoms with Crippen molar-refractivity contribution < 1.29 is 9.53 Å². The van der Waals surface area contributed by atoms with Gasteiger partial charge in [0.25, 0.3) is 0 Å². The number of hydrogen-bond donors (Lipinski definition) is 0. The van der Waals surface area contributed by atoms with E-state index in [1.807, 2.05) is 35.7 Å². The molecule has 3 heteroatoms. The molecule has 0 amide bonds. The quantitative estimate of drug-likeness (QED) is 0.624. The first-order chi connectivity index (χ1) is 7.34. The Labute approximate surface area is 91.6 Å². The Morgan fingerprint density at radius 2 is 2.07 bits per heavy atom. The smallest absolute Gasteiger partial charge is 0.331 e. The van der Waals surface area contributed by atoms with Crippen LogP contribution in [-0.4, -0.2) is 5.97 Å². The Hall–Kier alpha value is -1.48. The van der Waals surface area contributed by atoms with E-state index >= 15 is 0 Å². The molecule has 3 rings (SSSR count). The fourth-order valence-electron chi connectivity index (χ4n) is 1.76. The summed E-state index contributed by atoms with van der Waals surface area (Å²) >= 11 is 1.67. The van der Waals surface area contributed by atoms with Crippen LogP contribution in [-0.2, 0) is 9.53 Å². The highest BCUT2D eigenvalue weighted by Gasteiger charge is 2.27. The molecule has 1 atom stereocenters. The highest BCUT2D eigenvalue weighted by molar-refractivity contribution is 8.02. The van der Waals surface area contributed by atoms with E-state index in [1.165, 1.54) is 6.08 Å². The number of hydrogen-bond acceptors (Lipinski definition) is 3. The van der Waals surface area contributed by atoms with Crippen LogP contribution in [0.3, 0.4) is 0 Å². The fraction of sp³-hybridized carbons (Fsp3) is 0.0833. The summed E-state index contributed by atoms with van der Waals surface area (Å²) in [4.78, 5) is 12.3. The van der Waals surface area contributed by atoms with Crippen LogP contribution in [0.1, 0.15) is 11.7 Å². The minimum absolute atomic E-state index is 0.208. The van der Waals surface area contributed by atoms with E-state index in [1.54, 1.807) is 11.8 Å². The average Bonchev–Trinajstić information content (AvgIpc) is 2.29. The summed E-state index contributed by atoms with van der Waals surface area (Å²) in [6.07, 6.45) is 3.09. The summed E-state index contributed by atoms with van der Waals surface area (Å²) in [5, 5.41) is 2.04. The molecule has 2 heterocycles. The monoisotopic (exact) mass is 216 g/mol. The highest BCUT2D eigenvalue weighted by Crippen LogP contribution is 2.42. The predicted molar refractivity (Wildman–Crippen MR) is 58.4 cm³/mol. The number of thioether (sulfide) groups is 1. The predicted octanol–water partition coefficient (Wildman–Crippen LogP) is 2.83.